The molecule has 6 aromatic heterocycles. The number of hydrogen-bond donors (Lipinski definition) is 8. The van der Waals surface area contributed by atoms with E-state index in [4.69, 9.17) is 83.8 Å². The molecule has 27 nitrogen and oxygen atoms in total. The van der Waals surface area contributed by atoms with Gasteiger partial charge in [0.15, 0.2) is 0 Å². The first kappa shape index (κ1) is 87.3. The van der Waals surface area contributed by atoms with E-state index in [2.05, 4.69) is 80.6 Å². The van der Waals surface area contributed by atoms with E-state index < -0.39 is 26.2 Å². The molecule has 0 aliphatic carbocycles. The number of carbonyl (C=O) groups is 1. The number of anilines is 3. The van der Waals surface area contributed by atoms with Gasteiger partial charge in [0.25, 0.3) is 0 Å². The fourth-order valence-corrected chi connectivity index (χ4v) is 17.5. The number of ether oxygens (including phenoxy) is 3. The number of hydrogen-bond acceptors (Lipinski definition) is 18. The van der Waals surface area contributed by atoms with Crippen LogP contribution in [0.1, 0.15) is 101 Å². The zero-order valence-corrected chi connectivity index (χ0v) is 71.3. The molecular formula is C79H100Cl6N18O9S2. The summed E-state index contributed by atoms with van der Waals surface area (Å²) >= 11 is 36.7. The molecule has 6 aromatic carbocycles. The molecule has 4 fully saturated rings. The maximum atomic E-state index is 11.6. The van der Waals surface area contributed by atoms with Gasteiger partial charge in [0.05, 0.1) is 102 Å². The van der Waals surface area contributed by atoms with Crippen LogP contribution in [0.5, 0.6) is 0 Å². The number of amides is 1. The number of nitrogens with one attached hydrogen (secondary N) is 7. The topological polar surface area (TPSA) is 334 Å². The van der Waals surface area contributed by atoms with Gasteiger partial charge in [0.2, 0.25) is 26.0 Å². The van der Waals surface area contributed by atoms with Crippen molar-refractivity contribution in [3.63, 3.8) is 0 Å². The summed E-state index contributed by atoms with van der Waals surface area (Å²) in [4.78, 5) is 20.2. The molecule has 5 atom stereocenters. The fourth-order valence-electron chi connectivity index (χ4n) is 15.1. The minimum atomic E-state index is -3.14. The highest BCUT2D eigenvalue weighted by molar-refractivity contribution is 7.88. The first-order valence-corrected chi connectivity index (χ1v) is 43.9. The molecule has 4 aliphatic heterocycles. The molecule has 614 valence electrons. The minimum Gasteiger partial charge on any atom is -0.388 e. The molecule has 0 bridgehead atoms. The average molecular weight is 1720 g/mol. The summed E-state index contributed by atoms with van der Waals surface area (Å²) in [5, 5.41) is 62.8. The molecule has 8 N–H and O–H groups in total. The second kappa shape index (κ2) is 40.5. The van der Waals surface area contributed by atoms with E-state index in [0.29, 0.717) is 63.5 Å². The molecule has 0 spiro atoms. The number of sulfonamides is 2. The Morgan fingerprint density at radius 1 is 0.535 bits per heavy atom. The maximum absolute atomic E-state index is 11.6. The van der Waals surface area contributed by atoms with Crippen molar-refractivity contribution in [1.29, 1.82) is 0 Å². The van der Waals surface area contributed by atoms with Crippen LogP contribution in [-0.4, -0.2) is 218 Å². The molecule has 0 radical (unpaired) electrons. The molecule has 4 saturated heterocycles. The SMILES string of the molecule is CC(=O)N(C)CC1CCCN(c2cc(Cl)cc3[nH]ncc23)C1.CN(CC1CCCN(c2cc(Cl)cc3[nH]ncc23)C1)S(C)(=O)=O.COC(C)c1cc(Cl)cc2[nH]ncc12.COCCc1cc(Cl)cc2[nH]ncc12.CS(=O)(=O)NCC1CCCN(c2cc(Cl)cc3[nH]ncc23)C1.OC(CC1CCOCC1)c1cc(Cl)cc2[nH]ncc12. The first-order valence-electron chi connectivity index (χ1n) is 37.9. The van der Waals surface area contributed by atoms with E-state index in [9.17, 15) is 26.7 Å². The maximum Gasteiger partial charge on any atom is 0.219 e. The Morgan fingerprint density at radius 3 is 1.34 bits per heavy atom. The summed E-state index contributed by atoms with van der Waals surface area (Å²) in [6, 6.07) is 22.8. The van der Waals surface area contributed by atoms with Crippen LogP contribution in [0.2, 0.25) is 30.1 Å². The van der Waals surface area contributed by atoms with Crippen LogP contribution < -0.4 is 19.4 Å². The predicted octanol–water partition coefficient (Wildman–Crippen LogP) is 15.6. The zero-order valence-electron chi connectivity index (χ0n) is 65.1. The molecular weight excluding hydrogens is 1620 g/mol. The monoisotopic (exact) mass is 1720 g/mol. The molecule has 12 aromatic rings. The molecule has 0 saturated carbocycles. The molecule has 4 aliphatic rings. The highest BCUT2D eigenvalue weighted by Crippen LogP contribution is 2.38. The van der Waals surface area contributed by atoms with Gasteiger partial charge in [0.1, 0.15) is 0 Å². The van der Waals surface area contributed by atoms with Gasteiger partial charge in [-0.05, 0) is 184 Å². The van der Waals surface area contributed by atoms with Gasteiger partial charge in [-0.2, -0.15) is 30.6 Å². The van der Waals surface area contributed by atoms with E-state index in [1.165, 1.54) is 22.4 Å². The number of piperidine rings is 3. The standard InChI is InChI=1S/C16H21ClN4O.C15H21ClN4O2S.C14H19ClN4O2S.C14H17ClN2O2.2C10H11ClN2O/c1-11(22)20(2)9-12-4-3-5-21(10-12)16-7-13(17)6-15-14(16)8-18-19-15;1-19(23(2,21)22)9-11-4-3-5-20(10-11)15-7-12(16)6-14-13(15)8-17-18-14;1-22(20,21)17-7-10-3-2-4-19(9-10)14-6-11(15)5-13-12(14)8-16-18-13;15-10-6-11(12-8-16-17-13(12)7-10)14(18)5-9-1-3-19-4-2-9;1-6(14-2)8-3-7(11)4-10-9(8)5-12-13-10;1-14-3-2-7-4-8(11)5-10-9(7)6-12-13-10/h6-8,12H,3-5,9-10H2,1-2H3,(H,18,19);6-8,11H,3-5,9-10H2,1-2H3,(H,17,18);5-6,8,10,17H,2-4,7,9H2,1H3,(H,16,18);6-9,14,18H,1-5H2,(H,16,17);3-6H,1-2H3,(H,12,13);4-6H,2-3H2,1H3,(H,12,13). The first-order chi connectivity index (χ1) is 54.6. The lowest BCUT2D eigenvalue weighted by Crippen LogP contribution is -2.41. The number of H-pyrrole nitrogens is 6. The van der Waals surface area contributed by atoms with Crippen LogP contribution in [0.25, 0.3) is 65.4 Å². The van der Waals surface area contributed by atoms with E-state index in [0.717, 1.165) is 227 Å². The summed E-state index contributed by atoms with van der Waals surface area (Å²) in [5.74, 6) is 1.74. The van der Waals surface area contributed by atoms with Crippen molar-refractivity contribution in [1.82, 2.24) is 75.1 Å². The number of aromatic amines is 6. The Bertz CT molecular complexity index is 5410. The van der Waals surface area contributed by atoms with Crippen LogP contribution in [0.4, 0.5) is 17.1 Å². The molecule has 10 heterocycles. The molecule has 16 rings (SSSR count). The molecule has 5 unspecified atom stereocenters. The normalized spacial score (nSPS) is 17.5. The second-order valence-electron chi connectivity index (χ2n) is 29.7. The van der Waals surface area contributed by atoms with Gasteiger partial charge in [-0.3, -0.25) is 35.4 Å². The predicted molar refractivity (Wildman–Crippen MR) is 459 cm³/mol. The quantitative estimate of drug-likeness (QED) is 0.0373. The Morgan fingerprint density at radius 2 is 0.912 bits per heavy atom. The van der Waals surface area contributed by atoms with Crippen molar-refractivity contribution in [3.8, 4) is 0 Å². The van der Waals surface area contributed by atoms with Gasteiger partial charge < -0.3 is 38.9 Å². The van der Waals surface area contributed by atoms with Crippen molar-refractivity contribution in [2.75, 3.05) is 134 Å². The number of rotatable bonds is 19. The van der Waals surface area contributed by atoms with E-state index in [1.54, 1.807) is 51.7 Å². The van der Waals surface area contributed by atoms with E-state index in [1.807, 2.05) is 105 Å². The number of aromatic nitrogens is 12. The smallest absolute Gasteiger partial charge is 0.219 e. The highest BCUT2D eigenvalue weighted by Gasteiger charge is 2.29. The fraction of sp³-hybridized carbons (Fsp3) is 0.456. The van der Waals surface area contributed by atoms with Crippen LogP contribution in [0.15, 0.2) is 110 Å². The van der Waals surface area contributed by atoms with Gasteiger partial charge in [-0.15, -0.1) is 0 Å². The van der Waals surface area contributed by atoms with Crippen molar-refractivity contribution >= 4 is 178 Å². The number of aliphatic hydroxyl groups excluding tert-OH is 1. The Hall–Kier alpha value is -7.59. The van der Waals surface area contributed by atoms with Gasteiger partial charge in [-0.1, -0.05) is 69.6 Å². The third-order valence-electron chi connectivity index (χ3n) is 21.2. The van der Waals surface area contributed by atoms with Crippen LogP contribution >= 0.6 is 69.6 Å². The van der Waals surface area contributed by atoms with Crippen LogP contribution in [0.3, 0.4) is 0 Å². The minimum absolute atomic E-state index is 0.0220. The summed E-state index contributed by atoms with van der Waals surface area (Å²) < 4.78 is 65.5. The number of halogens is 6. The molecule has 35 heteroatoms. The second-order valence-corrected chi connectivity index (χ2v) is 36.2. The summed E-state index contributed by atoms with van der Waals surface area (Å²) in [5.41, 5.74) is 11.9. The number of fused-ring (bicyclic) bond motifs is 6. The third-order valence-corrected chi connectivity index (χ3v) is 24.5. The Labute approximate surface area is 694 Å². The van der Waals surface area contributed by atoms with Crippen molar-refractivity contribution < 1.29 is 40.9 Å². The molecule has 114 heavy (non-hydrogen) atoms. The third kappa shape index (κ3) is 23.8. The molecule has 1 amide bonds. The Kier molecular flexibility index (Phi) is 31.0. The summed E-state index contributed by atoms with van der Waals surface area (Å²) in [7, 11) is 0.600. The van der Waals surface area contributed by atoms with Gasteiger partial charge >= 0.3 is 0 Å². The van der Waals surface area contributed by atoms with Crippen LogP contribution in [-0.2, 0) is 45.5 Å². The number of benzene rings is 6. The largest absolute Gasteiger partial charge is 0.388 e. The number of aliphatic hydroxyl groups is 1. The lowest BCUT2D eigenvalue weighted by molar-refractivity contribution is -0.128. The number of methoxy groups -OCH3 is 2. The summed E-state index contributed by atoms with van der Waals surface area (Å²) in [6.07, 6.45) is 22.8. The number of carbonyl (C=O) groups excluding carboxylic acids is 1. The zero-order chi connectivity index (χ0) is 81.4. The lowest BCUT2D eigenvalue weighted by atomic mass is 9.90. The Balaban J connectivity index is 0.000000136. The van der Waals surface area contributed by atoms with Crippen LogP contribution in [0, 0.1) is 23.7 Å². The lowest BCUT2D eigenvalue weighted by Gasteiger charge is -2.36. The van der Waals surface area contributed by atoms with Crippen molar-refractivity contribution in [3.05, 3.63) is 157 Å². The number of nitrogens with zero attached hydrogens (tertiary/aromatic N) is 11. The highest BCUT2D eigenvalue weighted by atomic mass is 35.5. The van der Waals surface area contributed by atoms with E-state index in [-0.39, 0.29) is 12.0 Å². The average Bonchev–Trinajstić information content (AvgIpc) is 1.12. The van der Waals surface area contributed by atoms with E-state index >= 15 is 0 Å². The van der Waals surface area contributed by atoms with Gasteiger partial charge in [-0.25, -0.2) is 25.9 Å². The van der Waals surface area contributed by atoms with Crippen molar-refractivity contribution in [2.24, 2.45) is 23.7 Å². The van der Waals surface area contributed by atoms with Crippen molar-refractivity contribution in [2.45, 2.75) is 90.3 Å². The van der Waals surface area contributed by atoms with Gasteiger partial charge in [0, 0.05) is 187 Å². The summed E-state index contributed by atoms with van der Waals surface area (Å²) in [6.45, 7) is 13.2.